The molecule has 3 N–H and O–H groups in total. The maximum Gasteiger partial charge on any atom is 0.317 e. The van der Waals surface area contributed by atoms with Gasteiger partial charge in [-0.2, -0.15) is 0 Å². The first-order valence-corrected chi connectivity index (χ1v) is 9.16. The van der Waals surface area contributed by atoms with Gasteiger partial charge >= 0.3 is 6.03 Å². The highest BCUT2D eigenvalue weighted by atomic mass is 16.5. The fraction of sp³-hybridized carbons (Fsp3) is 0.579. The molecule has 1 aromatic carbocycles. The van der Waals surface area contributed by atoms with Crippen molar-refractivity contribution in [3.8, 4) is 0 Å². The number of amides is 3. The molecule has 0 aromatic heterocycles. The van der Waals surface area contributed by atoms with Gasteiger partial charge in [0.15, 0.2) is 0 Å². The molecule has 3 rings (SSSR count). The van der Waals surface area contributed by atoms with Crippen LogP contribution in [0.2, 0.25) is 0 Å². The van der Waals surface area contributed by atoms with Crippen LogP contribution in [-0.2, 0) is 29.0 Å². The molecule has 2 aliphatic heterocycles. The van der Waals surface area contributed by atoms with Crippen molar-refractivity contribution in [2.75, 3.05) is 33.3 Å². The highest BCUT2D eigenvalue weighted by Gasteiger charge is 2.34. The Morgan fingerprint density at radius 1 is 1.31 bits per heavy atom. The molecule has 0 saturated carbocycles. The second-order valence-electron chi connectivity index (χ2n) is 7.00. The van der Waals surface area contributed by atoms with Gasteiger partial charge in [0.2, 0.25) is 5.91 Å². The minimum atomic E-state index is -0.654. The zero-order chi connectivity index (χ0) is 18.5. The molecule has 1 aromatic rings. The van der Waals surface area contributed by atoms with Crippen LogP contribution in [0.3, 0.4) is 0 Å². The number of hydrogen-bond acceptors (Lipinski definition) is 4. The van der Waals surface area contributed by atoms with Crippen molar-refractivity contribution in [1.82, 2.24) is 15.5 Å². The number of ether oxygens (including phenoxy) is 1. The molecule has 1 fully saturated rings. The number of aliphatic hydroxyl groups is 1. The second-order valence-corrected chi connectivity index (χ2v) is 7.00. The molecular formula is C19H27N3O4. The lowest BCUT2D eigenvalue weighted by Gasteiger charge is -2.18. The molecule has 0 radical (unpaired) electrons. The third-order valence-electron chi connectivity index (χ3n) is 5.15. The molecule has 3 amide bonds. The highest BCUT2D eigenvalue weighted by Crippen LogP contribution is 2.21. The van der Waals surface area contributed by atoms with E-state index in [4.69, 9.17) is 4.74 Å². The minimum Gasteiger partial charge on any atom is -0.391 e. The van der Waals surface area contributed by atoms with Crippen molar-refractivity contribution < 1.29 is 19.4 Å². The van der Waals surface area contributed by atoms with Crippen LogP contribution in [0.1, 0.15) is 23.1 Å². The molecular weight excluding hydrogens is 334 g/mol. The number of nitrogens with one attached hydrogen (secondary N) is 2. The molecule has 2 atom stereocenters. The van der Waals surface area contributed by atoms with Crippen molar-refractivity contribution in [3.05, 3.63) is 34.9 Å². The molecule has 26 heavy (non-hydrogen) atoms. The summed E-state index contributed by atoms with van der Waals surface area (Å²) in [5.74, 6) is -0.325. The van der Waals surface area contributed by atoms with Crippen molar-refractivity contribution in [2.45, 2.75) is 32.0 Å². The van der Waals surface area contributed by atoms with E-state index in [1.807, 2.05) is 0 Å². The van der Waals surface area contributed by atoms with Gasteiger partial charge in [-0.15, -0.1) is 0 Å². The van der Waals surface area contributed by atoms with Gasteiger partial charge in [-0.3, -0.25) is 4.79 Å². The van der Waals surface area contributed by atoms with Crippen LogP contribution in [0.15, 0.2) is 18.2 Å². The van der Waals surface area contributed by atoms with E-state index in [1.165, 1.54) is 16.7 Å². The van der Waals surface area contributed by atoms with E-state index in [0.29, 0.717) is 19.7 Å². The number of aliphatic hydroxyl groups excluding tert-OH is 1. The van der Waals surface area contributed by atoms with Gasteiger partial charge < -0.3 is 25.4 Å². The quantitative estimate of drug-likeness (QED) is 0.710. The van der Waals surface area contributed by atoms with Gasteiger partial charge in [0.05, 0.1) is 19.3 Å². The third-order valence-corrected chi connectivity index (χ3v) is 5.15. The number of benzene rings is 1. The minimum absolute atomic E-state index is 0.118. The average Bonchev–Trinajstić information content (AvgIpc) is 3.02. The molecule has 142 valence electrons. The zero-order valence-electron chi connectivity index (χ0n) is 15.2. The summed E-state index contributed by atoms with van der Waals surface area (Å²) < 4.78 is 5.49. The number of carbonyl (C=O) groups is 2. The molecule has 0 aliphatic carbocycles. The van der Waals surface area contributed by atoms with Gasteiger partial charge in [-0.1, -0.05) is 18.2 Å². The van der Waals surface area contributed by atoms with Crippen LogP contribution in [0.25, 0.3) is 0 Å². The number of fused-ring (bicyclic) bond motifs is 1. The number of rotatable bonds is 5. The summed E-state index contributed by atoms with van der Waals surface area (Å²) in [5.41, 5.74) is 3.76. The Kier molecular flexibility index (Phi) is 6.11. The maximum atomic E-state index is 12.3. The number of hydrogen-bond donors (Lipinski definition) is 3. The predicted molar refractivity (Wildman–Crippen MR) is 96.7 cm³/mol. The second kappa shape index (κ2) is 8.51. The molecule has 7 heteroatoms. The molecule has 0 spiro atoms. The fourth-order valence-corrected chi connectivity index (χ4v) is 3.56. The largest absolute Gasteiger partial charge is 0.391 e. The summed E-state index contributed by atoms with van der Waals surface area (Å²) >= 11 is 0. The summed E-state index contributed by atoms with van der Waals surface area (Å²) in [5, 5.41) is 15.5. The van der Waals surface area contributed by atoms with Crippen molar-refractivity contribution in [3.63, 3.8) is 0 Å². The number of urea groups is 1. The lowest BCUT2D eigenvalue weighted by molar-refractivity contribution is -0.122. The van der Waals surface area contributed by atoms with E-state index in [1.54, 1.807) is 11.9 Å². The summed E-state index contributed by atoms with van der Waals surface area (Å²) in [7, 11) is 1.57. The Bertz CT molecular complexity index is 664. The van der Waals surface area contributed by atoms with Crippen molar-refractivity contribution in [1.29, 1.82) is 0 Å². The number of likely N-dealkylation sites (tertiary alicyclic amines) is 1. The normalized spacial score (nSPS) is 22.0. The smallest absolute Gasteiger partial charge is 0.317 e. The van der Waals surface area contributed by atoms with Gasteiger partial charge in [0.1, 0.15) is 0 Å². The topological polar surface area (TPSA) is 90.9 Å². The van der Waals surface area contributed by atoms with Crippen LogP contribution in [0, 0.1) is 5.92 Å². The first-order valence-electron chi connectivity index (χ1n) is 9.16. The first-order chi connectivity index (χ1) is 12.6. The highest BCUT2D eigenvalue weighted by molar-refractivity contribution is 5.77. The monoisotopic (exact) mass is 361 g/mol. The Morgan fingerprint density at radius 2 is 2.15 bits per heavy atom. The Hall–Kier alpha value is -2.12. The molecule has 7 nitrogen and oxygen atoms in total. The van der Waals surface area contributed by atoms with Crippen LogP contribution in [0.4, 0.5) is 4.79 Å². The van der Waals surface area contributed by atoms with E-state index in [0.717, 1.165) is 19.4 Å². The van der Waals surface area contributed by atoms with E-state index in [-0.39, 0.29) is 30.8 Å². The SMILES string of the molecule is CNC(=O)C[C@@H]1CN(C(=O)NCCc2ccc3c(c2)COCC3)C[C@H]1O. The third kappa shape index (κ3) is 4.53. The zero-order valence-corrected chi connectivity index (χ0v) is 15.2. The van der Waals surface area contributed by atoms with Gasteiger partial charge in [0.25, 0.3) is 0 Å². The molecule has 1 saturated heterocycles. The maximum absolute atomic E-state index is 12.3. The summed E-state index contributed by atoms with van der Waals surface area (Å²) in [6, 6.07) is 6.22. The van der Waals surface area contributed by atoms with E-state index >= 15 is 0 Å². The van der Waals surface area contributed by atoms with Crippen molar-refractivity contribution in [2.24, 2.45) is 5.92 Å². The first kappa shape index (κ1) is 18.7. The predicted octanol–water partition coefficient (Wildman–Crippen LogP) is 0.440. The summed E-state index contributed by atoms with van der Waals surface area (Å²) in [6.07, 6.45) is 1.29. The Morgan fingerprint density at radius 3 is 2.96 bits per heavy atom. The van der Waals surface area contributed by atoms with Gasteiger partial charge in [-0.05, 0) is 29.5 Å². The Balaban J connectivity index is 1.45. The van der Waals surface area contributed by atoms with Crippen LogP contribution >= 0.6 is 0 Å². The van der Waals surface area contributed by atoms with Gasteiger partial charge in [-0.25, -0.2) is 4.79 Å². The molecule has 2 heterocycles. The van der Waals surface area contributed by atoms with E-state index in [9.17, 15) is 14.7 Å². The van der Waals surface area contributed by atoms with Crippen LogP contribution in [-0.4, -0.2) is 61.3 Å². The van der Waals surface area contributed by atoms with Crippen molar-refractivity contribution >= 4 is 11.9 Å². The standard InChI is InChI=1S/C19H27N3O4/c1-20-18(24)9-15-10-22(11-17(15)23)19(25)21-6-4-13-2-3-14-5-7-26-12-16(14)8-13/h2-3,8,15,17,23H,4-7,9-12H2,1H3,(H,20,24)(H,21,25)/t15-,17-/m1/s1. The number of β-amino-alcohol motifs (C(OH)–C–C–N with tert-alkyl or cyclic N) is 1. The van der Waals surface area contributed by atoms with E-state index in [2.05, 4.69) is 28.8 Å². The number of carbonyl (C=O) groups excluding carboxylic acids is 2. The van der Waals surface area contributed by atoms with Crippen LogP contribution in [0.5, 0.6) is 0 Å². The van der Waals surface area contributed by atoms with Gasteiger partial charge in [0, 0.05) is 39.0 Å². The molecule has 2 aliphatic rings. The summed E-state index contributed by atoms with van der Waals surface area (Å²) in [4.78, 5) is 25.4. The fourth-order valence-electron chi connectivity index (χ4n) is 3.56. The Labute approximate surface area is 153 Å². The lowest BCUT2D eigenvalue weighted by Crippen LogP contribution is -2.40. The number of nitrogens with zero attached hydrogens (tertiary/aromatic N) is 1. The van der Waals surface area contributed by atoms with E-state index < -0.39 is 6.10 Å². The molecule has 0 bridgehead atoms. The molecule has 0 unspecified atom stereocenters. The lowest BCUT2D eigenvalue weighted by atomic mass is 9.99. The summed E-state index contributed by atoms with van der Waals surface area (Å²) in [6.45, 7) is 2.64. The average molecular weight is 361 g/mol. The van der Waals surface area contributed by atoms with Crippen LogP contribution < -0.4 is 10.6 Å².